The first-order valence-electron chi connectivity index (χ1n) is 5.67. The molecule has 0 aliphatic heterocycles. The molecule has 0 aromatic heterocycles. The molecule has 0 amide bonds. The first-order valence-corrected chi connectivity index (χ1v) is 5.67. The number of alkyl halides is 3. The van der Waals surface area contributed by atoms with Crippen molar-refractivity contribution in [2.75, 3.05) is 6.61 Å². The Labute approximate surface area is 105 Å². The molecule has 1 aromatic carbocycles. The molecule has 0 bridgehead atoms. The van der Waals surface area contributed by atoms with Crippen molar-refractivity contribution in [3.8, 4) is 5.75 Å². The number of hydrogen-bond donors (Lipinski definition) is 1. The van der Waals surface area contributed by atoms with Crippen molar-refractivity contribution in [2.24, 2.45) is 11.1 Å². The molecule has 1 rings (SSSR count). The van der Waals surface area contributed by atoms with Gasteiger partial charge in [0.05, 0.1) is 5.56 Å². The van der Waals surface area contributed by atoms with Crippen LogP contribution in [0.25, 0.3) is 0 Å². The van der Waals surface area contributed by atoms with Crippen LogP contribution in [-0.2, 0) is 6.18 Å². The Morgan fingerprint density at radius 3 is 2.22 bits per heavy atom. The van der Waals surface area contributed by atoms with E-state index < -0.39 is 11.7 Å². The van der Waals surface area contributed by atoms with Gasteiger partial charge in [-0.3, -0.25) is 0 Å². The fourth-order valence-corrected chi connectivity index (χ4v) is 1.26. The third-order valence-electron chi connectivity index (χ3n) is 2.72. The monoisotopic (exact) mass is 261 g/mol. The number of benzene rings is 1. The van der Waals surface area contributed by atoms with Crippen LogP contribution in [0, 0.1) is 5.41 Å². The van der Waals surface area contributed by atoms with Crippen LogP contribution >= 0.6 is 0 Å². The summed E-state index contributed by atoms with van der Waals surface area (Å²) in [6.45, 7) is 5.79. The molecular weight excluding hydrogens is 243 g/mol. The smallest absolute Gasteiger partial charge is 0.419 e. The normalized spacial score (nSPS) is 14.4. The Balaban J connectivity index is 2.80. The quantitative estimate of drug-likeness (QED) is 0.904. The molecule has 0 aliphatic rings. The predicted octanol–water partition coefficient (Wildman–Crippen LogP) is 3.46. The number of nitrogens with two attached hydrogens (primary N) is 1. The van der Waals surface area contributed by atoms with Crippen LogP contribution in [0.5, 0.6) is 5.75 Å². The molecule has 0 radical (unpaired) electrons. The van der Waals surface area contributed by atoms with Crippen LogP contribution in [0.4, 0.5) is 13.2 Å². The highest BCUT2D eigenvalue weighted by atomic mass is 19.4. The second-order valence-corrected chi connectivity index (χ2v) is 5.28. The maximum atomic E-state index is 12.7. The average Bonchev–Trinajstić information content (AvgIpc) is 2.23. The molecule has 5 heteroatoms. The molecule has 1 atom stereocenters. The fourth-order valence-electron chi connectivity index (χ4n) is 1.26. The maximum Gasteiger partial charge on any atom is 0.419 e. The lowest BCUT2D eigenvalue weighted by atomic mass is 9.88. The minimum absolute atomic E-state index is 0.0522. The lowest BCUT2D eigenvalue weighted by molar-refractivity contribution is -0.139. The first-order chi connectivity index (χ1) is 8.12. The second-order valence-electron chi connectivity index (χ2n) is 5.28. The van der Waals surface area contributed by atoms with Gasteiger partial charge in [-0.25, -0.2) is 0 Å². The highest BCUT2D eigenvalue weighted by Crippen LogP contribution is 2.36. The fraction of sp³-hybridized carbons (Fsp3) is 0.538. The molecule has 18 heavy (non-hydrogen) atoms. The Morgan fingerprint density at radius 1 is 1.17 bits per heavy atom. The van der Waals surface area contributed by atoms with Crippen molar-refractivity contribution < 1.29 is 17.9 Å². The van der Waals surface area contributed by atoms with Crippen molar-refractivity contribution in [3.05, 3.63) is 29.8 Å². The van der Waals surface area contributed by atoms with Crippen molar-refractivity contribution in [3.63, 3.8) is 0 Å². The van der Waals surface area contributed by atoms with Crippen LogP contribution in [0.15, 0.2) is 24.3 Å². The third-order valence-corrected chi connectivity index (χ3v) is 2.72. The number of ether oxygens (including phenoxy) is 1. The summed E-state index contributed by atoms with van der Waals surface area (Å²) in [5, 5.41) is 0. The SMILES string of the molecule is CC(C)(C)C(N)COc1ccccc1C(F)(F)F. The van der Waals surface area contributed by atoms with Gasteiger partial charge in [-0.1, -0.05) is 32.9 Å². The van der Waals surface area contributed by atoms with Crippen LogP contribution < -0.4 is 10.5 Å². The average molecular weight is 261 g/mol. The zero-order valence-corrected chi connectivity index (χ0v) is 10.7. The minimum Gasteiger partial charge on any atom is -0.491 e. The third kappa shape index (κ3) is 3.91. The Bertz CT molecular complexity index is 396. The van der Waals surface area contributed by atoms with Crippen LogP contribution in [-0.4, -0.2) is 12.6 Å². The Kier molecular flexibility index (Phi) is 4.27. The van der Waals surface area contributed by atoms with E-state index in [4.69, 9.17) is 10.5 Å². The van der Waals surface area contributed by atoms with Gasteiger partial charge < -0.3 is 10.5 Å². The maximum absolute atomic E-state index is 12.7. The molecule has 2 N–H and O–H groups in total. The van der Waals surface area contributed by atoms with Crippen molar-refractivity contribution in [1.82, 2.24) is 0 Å². The molecule has 0 saturated carbocycles. The van der Waals surface area contributed by atoms with Gasteiger partial charge in [-0.05, 0) is 17.5 Å². The summed E-state index contributed by atoms with van der Waals surface area (Å²) in [4.78, 5) is 0. The highest BCUT2D eigenvalue weighted by Gasteiger charge is 2.34. The van der Waals surface area contributed by atoms with E-state index in [1.54, 1.807) is 0 Å². The van der Waals surface area contributed by atoms with Crippen LogP contribution in [0.1, 0.15) is 26.3 Å². The van der Waals surface area contributed by atoms with Gasteiger partial charge in [-0.15, -0.1) is 0 Å². The van der Waals surface area contributed by atoms with E-state index in [-0.39, 0.29) is 23.8 Å². The number of rotatable bonds is 3. The zero-order valence-electron chi connectivity index (χ0n) is 10.7. The van der Waals surface area contributed by atoms with Gasteiger partial charge in [-0.2, -0.15) is 13.2 Å². The van der Waals surface area contributed by atoms with Gasteiger partial charge >= 0.3 is 6.18 Å². The van der Waals surface area contributed by atoms with Crippen LogP contribution in [0.3, 0.4) is 0 Å². The molecule has 1 aromatic rings. The number of para-hydroxylation sites is 1. The molecular formula is C13H18F3NO. The minimum atomic E-state index is -4.41. The summed E-state index contributed by atoms with van der Waals surface area (Å²) in [5.41, 5.74) is 4.86. The summed E-state index contributed by atoms with van der Waals surface area (Å²) in [6.07, 6.45) is -4.41. The largest absolute Gasteiger partial charge is 0.491 e. The molecule has 0 saturated heterocycles. The molecule has 1 unspecified atom stereocenters. The van der Waals surface area contributed by atoms with E-state index in [0.717, 1.165) is 6.07 Å². The lowest BCUT2D eigenvalue weighted by Gasteiger charge is -2.27. The van der Waals surface area contributed by atoms with Gasteiger partial charge in [0.1, 0.15) is 12.4 Å². The molecule has 0 fully saturated rings. The van der Waals surface area contributed by atoms with Crippen molar-refractivity contribution in [1.29, 1.82) is 0 Å². The van der Waals surface area contributed by atoms with E-state index in [1.807, 2.05) is 20.8 Å². The molecule has 102 valence electrons. The summed E-state index contributed by atoms with van der Waals surface area (Å²) in [5.74, 6) is -0.176. The second kappa shape index (κ2) is 5.18. The van der Waals surface area contributed by atoms with E-state index in [9.17, 15) is 13.2 Å². The van der Waals surface area contributed by atoms with Crippen LogP contribution in [0.2, 0.25) is 0 Å². The van der Waals surface area contributed by atoms with E-state index >= 15 is 0 Å². The Morgan fingerprint density at radius 2 is 1.72 bits per heavy atom. The van der Waals surface area contributed by atoms with Gasteiger partial charge in [0, 0.05) is 6.04 Å². The number of halogens is 3. The summed E-state index contributed by atoms with van der Waals surface area (Å²) < 4.78 is 43.3. The predicted molar refractivity (Wildman–Crippen MR) is 64.4 cm³/mol. The number of hydrogen-bond acceptors (Lipinski definition) is 2. The van der Waals surface area contributed by atoms with Gasteiger partial charge in [0.15, 0.2) is 0 Å². The van der Waals surface area contributed by atoms with Gasteiger partial charge in [0.2, 0.25) is 0 Å². The summed E-state index contributed by atoms with van der Waals surface area (Å²) in [6, 6.07) is 4.81. The van der Waals surface area contributed by atoms with Crippen molar-refractivity contribution in [2.45, 2.75) is 33.0 Å². The molecule has 2 nitrogen and oxygen atoms in total. The van der Waals surface area contributed by atoms with E-state index in [2.05, 4.69) is 0 Å². The molecule has 0 spiro atoms. The molecule has 0 aliphatic carbocycles. The standard InChI is InChI=1S/C13H18F3NO/c1-12(2,3)11(17)8-18-10-7-5-4-6-9(10)13(14,15)16/h4-7,11H,8,17H2,1-3H3. The lowest BCUT2D eigenvalue weighted by Crippen LogP contribution is -2.40. The first kappa shape index (κ1) is 14.8. The highest BCUT2D eigenvalue weighted by molar-refractivity contribution is 5.35. The van der Waals surface area contributed by atoms with E-state index in [0.29, 0.717) is 0 Å². The Hall–Kier alpha value is -1.23. The summed E-state index contributed by atoms with van der Waals surface area (Å²) >= 11 is 0. The van der Waals surface area contributed by atoms with Gasteiger partial charge in [0.25, 0.3) is 0 Å². The summed E-state index contributed by atoms with van der Waals surface area (Å²) in [7, 11) is 0. The topological polar surface area (TPSA) is 35.2 Å². The zero-order chi connectivity index (χ0) is 14.0. The van der Waals surface area contributed by atoms with Crippen molar-refractivity contribution >= 4 is 0 Å². The van der Waals surface area contributed by atoms with E-state index in [1.165, 1.54) is 18.2 Å². The molecule has 0 heterocycles.